The zero-order valence-electron chi connectivity index (χ0n) is 12.3. The Morgan fingerprint density at radius 3 is 2.50 bits per heavy atom. The SMILES string of the molecule is CCNCCN(C)Cc1cc(C)c(C)cc1OC. The largest absolute Gasteiger partial charge is 0.496 e. The fourth-order valence-corrected chi connectivity index (χ4v) is 1.98. The highest BCUT2D eigenvalue weighted by Crippen LogP contribution is 2.23. The summed E-state index contributed by atoms with van der Waals surface area (Å²) < 4.78 is 5.47. The van der Waals surface area contributed by atoms with Crippen LogP contribution in [0.25, 0.3) is 0 Å². The highest BCUT2D eigenvalue weighted by Gasteiger charge is 2.08. The highest BCUT2D eigenvalue weighted by atomic mass is 16.5. The van der Waals surface area contributed by atoms with Crippen molar-refractivity contribution in [2.24, 2.45) is 0 Å². The van der Waals surface area contributed by atoms with Crippen LogP contribution in [0.5, 0.6) is 5.75 Å². The molecule has 1 aromatic carbocycles. The Balaban J connectivity index is 2.68. The molecule has 1 N–H and O–H groups in total. The molecular formula is C15H26N2O. The first kappa shape index (κ1) is 15.0. The molecule has 1 rings (SSSR count). The maximum absolute atomic E-state index is 5.47. The van der Waals surface area contributed by atoms with E-state index >= 15 is 0 Å². The molecule has 0 aromatic heterocycles. The minimum absolute atomic E-state index is 0.926. The summed E-state index contributed by atoms with van der Waals surface area (Å²) in [6, 6.07) is 4.36. The van der Waals surface area contributed by atoms with Crippen molar-refractivity contribution in [2.75, 3.05) is 33.8 Å². The lowest BCUT2D eigenvalue weighted by Gasteiger charge is -2.19. The molecule has 0 atom stereocenters. The predicted octanol–water partition coefficient (Wildman–Crippen LogP) is 2.35. The van der Waals surface area contributed by atoms with Crippen LogP contribution in [0.15, 0.2) is 12.1 Å². The lowest BCUT2D eigenvalue weighted by Crippen LogP contribution is -2.28. The van der Waals surface area contributed by atoms with Crippen LogP contribution in [0.4, 0.5) is 0 Å². The minimum atomic E-state index is 0.926. The van der Waals surface area contributed by atoms with Crippen LogP contribution in [-0.2, 0) is 6.54 Å². The van der Waals surface area contributed by atoms with Crippen molar-refractivity contribution in [3.63, 3.8) is 0 Å². The number of benzene rings is 1. The standard InChI is InChI=1S/C15H26N2O/c1-6-16-7-8-17(4)11-14-9-12(2)13(3)10-15(14)18-5/h9-10,16H,6-8,11H2,1-5H3. The van der Waals surface area contributed by atoms with Crippen LogP contribution in [0.1, 0.15) is 23.6 Å². The third-order valence-corrected chi connectivity index (χ3v) is 3.26. The number of nitrogens with one attached hydrogen (secondary N) is 1. The number of methoxy groups -OCH3 is 1. The number of likely N-dealkylation sites (N-methyl/N-ethyl adjacent to an activating group) is 2. The third kappa shape index (κ3) is 4.31. The van der Waals surface area contributed by atoms with Crippen molar-refractivity contribution in [3.05, 3.63) is 28.8 Å². The van der Waals surface area contributed by atoms with Gasteiger partial charge in [-0.1, -0.05) is 13.0 Å². The van der Waals surface area contributed by atoms with E-state index in [2.05, 4.69) is 50.2 Å². The summed E-state index contributed by atoms with van der Waals surface area (Å²) >= 11 is 0. The molecule has 0 heterocycles. The number of aryl methyl sites for hydroxylation is 2. The summed E-state index contributed by atoms with van der Waals surface area (Å²) in [6.45, 7) is 10.4. The van der Waals surface area contributed by atoms with Gasteiger partial charge in [-0.05, 0) is 44.6 Å². The highest BCUT2D eigenvalue weighted by molar-refractivity contribution is 5.41. The second kappa shape index (κ2) is 7.39. The molecule has 0 aliphatic heterocycles. The Labute approximate surface area is 111 Å². The van der Waals surface area contributed by atoms with E-state index in [9.17, 15) is 0 Å². The summed E-state index contributed by atoms with van der Waals surface area (Å²) in [5.41, 5.74) is 3.87. The fraction of sp³-hybridized carbons (Fsp3) is 0.600. The Bertz CT molecular complexity index is 377. The zero-order chi connectivity index (χ0) is 13.5. The van der Waals surface area contributed by atoms with Gasteiger partial charge in [-0.2, -0.15) is 0 Å². The van der Waals surface area contributed by atoms with Gasteiger partial charge in [0.1, 0.15) is 5.75 Å². The Morgan fingerprint density at radius 2 is 1.89 bits per heavy atom. The summed E-state index contributed by atoms with van der Waals surface area (Å²) in [5, 5.41) is 3.34. The summed E-state index contributed by atoms with van der Waals surface area (Å²) in [6.07, 6.45) is 0. The molecule has 18 heavy (non-hydrogen) atoms. The summed E-state index contributed by atoms with van der Waals surface area (Å²) in [4.78, 5) is 2.31. The molecule has 3 nitrogen and oxygen atoms in total. The molecule has 0 fully saturated rings. The monoisotopic (exact) mass is 250 g/mol. The van der Waals surface area contributed by atoms with Crippen LogP contribution >= 0.6 is 0 Å². The average Bonchev–Trinajstić information content (AvgIpc) is 2.34. The second-order valence-corrected chi connectivity index (χ2v) is 4.84. The van der Waals surface area contributed by atoms with E-state index in [1.165, 1.54) is 16.7 Å². The summed E-state index contributed by atoms with van der Waals surface area (Å²) in [5.74, 6) is 0.994. The van der Waals surface area contributed by atoms with Gasteiger partial charge in [-0.25, -0.2) is 0 Å². The van der Waals surface area contributed by atoms with Gasteiger partial charge in [0.2, 0.25) is 0 Å². The van der Waals surface area contributed by atoms with Gasteiger partial charge in [-0.15, -0.1) is 0 Å². The maximum Gasteiger partial charge on any atom is 0.123 e. The van der Waals surface area contributed by atoms with Gasteiger partial charge in [0.15, 0.2) is 0 Å². The average molecular weight is 250 g/mol. The molecule has 0 spiro atoms. The molecule has 102 valence electrons. The molecule has 0 saturated carbocycles. The molecule has 3 heteroatoms. The van der Waals surface area contributed by atoms with Crippen molar-refractivity contribution >= 4 is 0 Å². The first-order valence-electron chi connectivity index (χ1n) is 6.61. The molecule has 0 radical (unpaired) electrons. The van der Waals surface area contributed by atoms with E-state index in [0.717, 1.165) is 31.9 Å². The smallest absolute Gasteiger partial charge is 0.123 e. The van der Waals surface area contributed by atoms with Crippen molar-refractivity contribution in [1.29, 1.82) is 0 Å². The number of nitrogens with zero attached hydrogens (tertiary/aromatic N) is 1. The second-order valence-electron chi connectivity index (χ2n) is 4.84. The van der Waals surface area contributed by atoms with Gasteiger partial charge >= 0.3 is 0 Å². The molecule has 0 aliphatic rings. The lowest BCUT2D eigenvalue weighted by molar-refractivity contribution is 0.316. The van der Waals surface area contributed by atoms with Gasteiger partial charge in [0.25, 0.3) is 0 Å². The predicted molar refractivity (Wildman–Crippen MR) is 77.3 cm³/mol. The Hall–Kier alpha value is -1.06. The quantitative estimate of drug-likeness (QED) is 0.752. The lowest BCUT2D eigenvalue weighted by atomic mass is 10.0. The Kier molecular flexibility index (Phi) is 6.16. The van der Waals surface area contributed by atoms with Crippen LogP contribution in [0.2, 0.25) is 0 Å². The van der Waals surface area contributed by atoms with Crippen molar-refractivity contribution in [2.45, 2.75) is 27.3 Å². The van der Waals surface area contributed by atoms with E-state index in [1.54, 1.807) is 7.11 Å². The zero-order valence-corrected chi connectivity index (χ0v) is 12.3. The fourth-order valence-electron chi connectivity index (χ4n) is 1.98. The van der Waals surface area contributed by atoms with Crippen LogP contribution in [-0.4, -0.2) is 38.7 Å². The van der Waals surface area contributed by atoms with Gasteiger partial charge < -0.3 is 15.0 Å². The van der Waals surface area contributed by atoms with Crippen molar-refractivity contribution < 1.29 is 4.74 Å². The maximum atomic E-state index is 5.47. The minimum Gasteiger partial charge on any atom is -0.496 e. The molecule has 0 bridgehead atoms. The van der Waals surface area contributed by atoms with E-state index in [1.807, 2.05) is 0 Å². The first-order chi connectivity index (χ1) is 8.58. The van der Waals surface area contributed by atoms with E-state index in [-0.39, 0.29) is 0 Å². The molecule has 0 saturated heterocycles. The molecular weight excluding hydrogens is 224 g/mol. The molecule has 0 aliphatic carbocycles. The van der Waals surface area contributed by atoms with E-state index in [4.69, 9.17) is 4.74 Å². The number of hydrogen-bond donors (Lipinski definition) is 1. The first-order valence-corrected chi connectivity index (χ1v) is 6.61. The number of hydrogen-bond acceptors (Lipinski definition) is 3. The van der Waals surface area contributed by atoms with Gasteiger partial charge in [0, 0.05) is 25.2 Å². The number of ether oxygens (including phenoxy) is 1. The molecule has 0 unspecified atom stereocenters. The van der Waals surface area contributed by atoms with Gasteiger partial charge in [-0.3, -0.25) is 0 Å². The van der Waals surface area contributed by atoms with Crippen molar-refractivity contribution in [1.82, 2.24) is 10.2 Å². The van der Waals surface area contributed by atoms with E-state index in [0.29, 0.717) is 0 Å². The van der Waals surface area contributed by atoms with Crippen LogP contribution in [0, 0.1) is 13.8 Å². The van der Waals surface area contributed by atoms with Crippen LogP contribution in [0.3, 0.4) is 0 Å². The van der Waals surface area contributed by atoms with Gasteiger partial charge in [0.05, 0.1) is 7.11 Å². The summed E-state index contributed by atoms with van der Waals surface area (Å²) in [7, 11) is 3.89. The van der Waals surface area contributed by atoms with Crippen molar-refractivity contribution in [3.8, 4) is 5.75 Å². The van der Waals surface area contributed by atoms with Crippen LogP contribution < -0.4 is 10.1 Å². The normalized spacial score (nSPS) is 11.0. The third-order valence-electron chi connectivity index (χ3n) is 3.26. The Morgan fingerprint density at radius 1 is 1.22 bits per heavy atom. The topological polar surface area (TPSA) is 24.5 Å². The molecule has 1 aromatic rings. The van der Waals surface area contributed by atoms with E-state index < -0.39 is 0 Å². The molecule has 0 amide bonds. The number of rotatable bonds is 7.